The van der Waals surface area contributed by atoms with Crippen molar-refractivity contribution in [3.63, 3.8) is 0 Å². The smallest absolute Gasteiger partial charge is 0.323 e. The van der Waals surface area contributed by atoms with E-state index in [9.17, 15) is 28.4 Å². The van der Waals surface area contributed by atoms with Crippen LogP contribution in [0.25, 0.3) is 0 Å². The SMILES string of the molecule is CCCCOP(=O)(O)CN1CCN(CP(=O)(O)OCCCC)CCN(CP(=O)(O)OCCCC)CC1. The van der Waals surface area contributed by atoms with Crippen LogP contribution < -0.4 is 0 Å². The molecule has 1 saturated heterocycles. The predicted octanol–water partition coefficient (Wildman–Crippen LogP) is 3.78. The Hall–Kier alpha value is 0.330. The van der Waals surface area contributed by atoms with E-state index >= 15 is 0 Å². The molecule has 0 aromatic heterocycles. The number of hydrogen-bond acceptors (Lipinski definition) is 9. The highest BCUT2D eigenvalue weighted by Crippen LogP contribution is 2.45. The summed E-state index contributed by atoms with van der Waals surface area (Å²) in [5.41, 5.74) is 0. The maximum absolute atomic E-state index is 12.6. The van der Waals surface area contributed by atoms with Crippen LogP contribution in [0, 0.1) is 0 Å². The first-order valence-corrected chi connectivity index (χ1v) is 18.3. The lowest BCUT2D eigenvalue weighted by atomic mass is 10.4. The Morgan fingerprint density at radius 1 is 0.528 bits per heavy atom. The molecule has 0 bridgehead atoms. The zero-order valence-corrected chi connectivity index (χ0v) is 24.9. The van der Waals surface area contributed by atoms with E-state index in [2.05, 4.69) is 0 Å². The normalized spacial score (nSPS) is 22.2. The van der Waals surface area contributed by atoms with Gasteiger partial charge in [0.25, 0.3) is 0 Å². The topological polar surface area (TPSA) is 149 Å². The molecular weight excluding hydrogens is 531 g/mol. The Morgan fingerprint density at radius 3 is 0.944 bits per heavy atom. The average molecular weight is 580 g/mol. The molecule has 0 saturated carbocycles. The van der Waals surface area contributed by atoms with Gasteiger partial charge in [-0.2, -0.15) is 0 Å². The molecule has 0 spiro atoms. The summed E-state index contributed by atoms with van der Waals surface area (Å²) in [5, 5.41) is 0. The van der Waals surface area contributed by atoms with E-state index in [4.69, 9.17) is 13.6 Å². The van der Waals surface area contributed by atoms with Crippen LogP contribution in [-0.4, -0.2) is 107 Å². The zero-order valence-electron chi connectivity index (χ0n) is 22.2. The summed E-state index contributed by atoms with van der Waals surface area (Å²) in [6, 6.07) is 0. The fourth-order valence-corrected chi connectivity index (χ4v) is 7.40. The first-order valence-electron chi connectivity index (χ1n) is 13.0. The molecule has 0 radical (unpaired) electrons. The van der Waals surface area contributed by atoms with Gasteiger partial charge in [0.05, 0.1) is 19.8 Å². The van der Waals surface area contributed by atoms with Crippen molar-refractivity contribution in [2.75, 3.05) is 77.9 Å². The minimum absolute atomic E-state index is 0.189. The standard InChI is InChI=1S/C21H48N3O9P3/c1-4-7-16-31-34(25,26)19-22-10-12-23(20-35(27,28)32-17-8-5-2)14-15-24(13-11-22)21-36(29,30)33-18-9-6-3/h4-21H2,1-3H3,(H,25,26)(H,27,28)(H,29,30). The quantitative estimate of drug-likeness (QED) is 0.160. The Kier molecular flexibility index (Phi) is 17.0. The molecule has 1 heterocycles. The third-order valence-corrected chi connectivity index (χ3v) is 9.74. The number of unbranched alkanes of at least 4 members (excludes halogenated alkanes) is 3. The lowest BCUT2D eigenvalue weighted by Crippen LogP contribution is -2.37. The fourth-order valence-electron chi connectivity index (χ4n) is 3.54. The summed E-state index contributed by atoms with van der Waals surface area (Å²) in [6.07, 6.45) is 4.01. The maximum Gasteiger partial charge on any atom is 0.341 e. The monoisotopic (exact) mass is 579 g/mol. The van der Waals surface area contributed by atoms with Crippen molar-refractivity contribution in [2.24, 2.45) is 0 Å². The second-order valence-corrected chi connectivity index (χ2v) is 14.7. The van der Waals surface area contributed by atoms with Gasteiger partial charge in [-0.3, -0.25) is 28.4 Å². The van der Waals surface area contributed by atoms with Gasteiger partial charge in [0.2, 0.25) is 0 Å². The molecule has 1 aliphatic heterocycles. The Morgan fingerprint density at radius 2 is 0.750 bits per heavy atom. The molecular formula is C21H48N3O9P3. The highest BCUT2D eigenvalue weighted by atomic mass is 31.2. The van der Waals surface area contributed by atoms with Crippen molar-refractivity contribution in [1.29, 1.82) is 0 Å². The van der Waals surface area contributed by atoms with E-state index in [1.54, 1.807) is 14.7 Å². The van der Waals surface area contributed by atoms with Crippen molar-refractivity contribution in [1.82, 2.24) is 14.7 Å². The van der Waals surface area contributed by atoms with Crippen LogP contribution in [-0.2, 0) is 27.3 Å². The number of nitrogens with zero attached hydrogens (tertiary/aromatic N) is 3. The first kappa shape index (κ1) is 34.4. The molecule has 36 heavy (non-hydrogen) atoms. The van der Waals surface area contributed by atoms with Crippen LogP contribution in [0.2, 0.25) is 0 Å². The molecule has 3 atom stereocenters. The van der Waals surface area contributed by atoms with E-state index in [0.717, 1.165) is 19.3 Å². The van der Waals surface area contributed by atoms with Crippen LogP contribution in [0.15, 0.2) is 0 Å². The molecule has 3 N–H and O–H groups in total. The Labute approximate surface area is 216 Å². The van der Waals surface area contributed by atoms with E-state index < -0.39 is 22.8 Å². The average Bonchev–Trinajstić information content (AvgIpc) is 2.85. The van der Waals surface area contributed by atoms with Gasteiger partial charge in [-0.15, -0.1) is 0 Å². The summed E-state index contributed by atoms with van der Waals surface area (Å²) in [7, 11) is -11.6. The first-order chi connectivity index (χ1) is 16.9. The van der Waals surface area contributed by atoms with Crippen LogP contribution in [0.4, 0.5) is 0 Å². The van der Waals surface area contributed by atoms with Gasteiger partial charge in [0.1, 0.15) is 18.9 Å². The van der Waals surface area contributed by atoms with E-state index in [-0.39, 0.29) is 38.7 Å². The number of hydrogen-bond donors (Lipinski definition) is 3. The van der Waals surface area contributed by atoms with Gasteiger partial charge in [0, 0.05) is 39.3 Å². The van der Waals surface area contributed by atoms with Crippen molar-refractivity contribution in [3.8, 4) is 0 Å². The molecule has 0 amide bonds. The third-order valence-electron chi connectivity index (χ3n) is 5.71. The molecule has 12 nitrogen and oxygen atoms in total. The Balaban J connectivity index is 2.92. The summed E-state index contributed by atoms with van der Waals surface area (Å²) in [5.74, 6) is 0. The van der Waals surface area contributed by atoms with Crippen LogP contribution >= 0.6 is 22.8 Å². The lowest BCUT2D eigenvalue weighted by Gasteiger charge is -2.27. The molecule has 0 aromatic rings. The van der Waals surface area contributed by atoms with Gasteiger partial charge in [-0.05, 0) is 19.3 Å². The Bertz CT molecular complexity index is 640. The molecule has 15 heteroatoms. The minimum Gasteiger partial charge on any atom is -0.323 e. The lowest BCUT2D eigenvalue weighted by molar-refractivity contribution is 0.200. The van der Waals surface area contributed by atoms with Gasteiger partial charge in [0.15, 0.2) is 0 Å². The largest absolute Gasteiger partial charge is 0.341 e. The van der Waals surface area contributed by atoms with E-state index in [1.807, 2.05) is 20.8 Å². The van der Waals surface area contributed by atoms with Crippen LogP contribution in [0.5, 0.6) is 0 Å². The van der Waals surface area contributed by atoms with Crippen molar-refractivity contribution in [3.05, 3.63) is 0 Å². The summed E-state index contributed by atoms with van der Waals surface area (Å²) in [4.78, 5) is 36.3. The second kappa shape index (κ2) is 17.8. The zero-order chi connectivity index (χ0) is 27.1. The summed E-state index contributed by atoms with van der Waals surface area (Å²) in [6.45, 7) is 8.70. The minimum atomic E-state index is -3.87. The van der Waals surface area contributed by atoms with Crippen molar-refractivity contribution < 1.29 is 41.9 Å². The summed E-state index contributed by atoms with van der Waals surface area (Å²) < 4.78 is 53.5. The van der Waals surface area contributed by atoms with Gasteiger partial charge < -0.3 is 28.3 Å². The molecule has 3 unspecified atom stereocenters. The fraction of sp³-hybridized carbons (Fsp3) is 1.00. The molecule has 1 aliphatic rings. The van der Waals surface area contributed by atoms with Crippen molar-refractivity contribution in [2.45, 2.75) is 59.3 Å². The molecule has 1 fully saturated rings. The van der Waals surface area contributed by atoms with E-state index in [1.165, 1.54) is 0 Å². The highest BCUT2D eigenvalue weighted by Gasteiger charge is 2.30. The predicted molar refractivity (Wildman–Crippen MR) is 141 cm³/mol. The van der Waals surface area contributed by atoms with Gasteiger partial charge >= 0.3 is 22.8 Å². The molecule has 216 valence electrons. The van der Waals surface area contributed by atoms with Crippen LogP contribution in [0.3, 0.4) is 0 Å². The van der Waals surface area contributed by atoms with Crippen molar-refractivity contribution >= 4 is 22.8 Å². The molecule has 0 aliphatic carbocycles. The summed E-state index contributed by atoms with van der Waals surface area (Å²) >= 11 is 0. The van der Waals surface area contributed by atoms with Gasteiger partial charge in [-0.1, -0.05) is 40.0 Å². The maximum atomic E-state index is 12.6. The van der Waals surface area contributed by atoms with Crippen LogP contribution in [0.1, 0.15) is 59.3 Å². The van der Waals surface area contributed by atoms with E-state index in [0.29, 0.717) is 58.5 Å². The van der Waals surface area contributed by atoms with Gasteiger partial charge in [-0.25, -0.2) is 0 Å². The number of rotatable bonds is 18. The highest BCUT2D eigenvalue weighted by molar-refractivity contribution is 7.53. The third kappa shape index (κ3) is 16.3. The molecule has 1 rings (SSSR count). The second-order valence-electron chi connectivity index (χ2n) is 9.25. The molecule has 0 aromatic carbocycles.